The standard InChI is InChI=1S/C17H16/c1-2-15-10-6-12-17(14-15)13-7-11-16-8-4-3-5-9-16/h2-10,12-14H,1,11H2. The van der Waals surface area contributed by atoms with Crippen molar-refractivity contribution < 1.29 is 0 Å². The topological polar surface area (TPSA) is 0 Å². The van der Waals surface area contributed by atoms with Crippen LogP contribution in [-0.4, -0.2) is 0 Å². The van der Waals surface area contributed by atoms with Crippen LogP contribution in [0.5, 0.6) is 0 Å². The van der Waals surface area contributed by atoms with Crippen LogP contribution in [0.1, 0.15) is 16.7 Å². The summed E-state index contributed by atoms with van der Waals surface area (Å²) < 4.78 is 0. The number of hydrogen-bond acceptors (Lipinski definition) is 0. The molecular formula is C17H16. The smallest absolute Gasteiger partial charge is 0.00941 e. The summed E-state index contributed by atoms with van der Waals surface area (Å²) in [6.45, 7) is 3.78. The summed E-state index contributed by atoms with van der Waals surface area (Å²) >= 11 is 0. The molecule has 0 spiro atoms. The molecule has 2 aromatic rings. The highest BCUT2D eigenvalue weighted by molar-refractivity contribution is 5.56. The second-order valence-electron chi connectivity index (χ2n) is 3.97. The lowest BCUT2D eigenvalue weighted by molar-refractivity contribution is 1.28. The second-order valence-corrected chi connectivity index (χ2v) is 3.97. The molecule has 0 amide bonds. The SMILES string of the molecule is C=Cc1cccc(C=CCc2ccccc2)c1. The first-order valence-electron chi connectivity index (χ1n) is 5.81. The van der Waals surface area contributed by atoms with Gasteiger partial charge in [-0.05, 0) is 29.2 Å². The molecule has 0 aromatic heterocycles. The predicted octanol–water partition coefficient (Wildman–Crippen LogP) is 4.59. The van der Waals surface area contributed by atoms with E-state index in [1.54, 1.807) is 0 Å². The van der Waals surface area contributed by atoms with Crippen LogP contribution in [0.2, 0.25) is 0 Å². The van der Waals surface area contributed by atoms with Crippen LogP contribution in [0.3, 0.4) is 0 Å². The molecule has 0 aliphatic heterocycles. The fraction of sp³-hybridized carbons (Fsp3) is 0.0588. The predicted molar refractivity (Wildman–Crippen MR) is 75.7 cm³/mol. The van der Waals surface area contributed by atoms with E-state index in [4.69, 9.17) is 0 Å². The highest BCUT2D eigenvalue weighted by Gasteiger charge is 1.89. The fourth-order valence-electron chi connectivity index (χ4n) is 1.73. The lowest BCUT2D eigenvalue weighted by atomic mass is 10.1. The normalized spacial score (nSPS) is 10.6. The molecular weight excluding hydrogens is 204 g/mol. The van der Waals surface area contributed by atoms with Gasteiger partial charge in [0.2, 0.25) is 0 Å². The first kappa shape index (κ1) is 11.4. The van der Waals surface area contributed by atoms with Gasteiger partial charge in [0.05, 0.1) is 0 Å². The van der Waals surface area contributed by atoms with Gasteiger partial charge in [-0.2, -0.15) is 0 Å². The van der Waals surface area contributed by atoms with Gasteiger partial charge in [-0.3, -0.25) is 0 Å². The van der Waals surface area contributed by atoms with Crippen molar-refractivity contribution in [2.24, 2.45) is 0 Å². The Bertz CT molecular complexity index is 507. The van der Waals surface area contributed by atoms with Gasteiger partial charge in [-0.15, -0.1) is 0 Å². The summed E-state index contributed by atoms with van der Waals surface area (Å²) in [4.78, 5) is 0. The lowest BCUT2D eigenvalue weighted by Gasteiger charge is -1.97. The Kier molecular flexibility index (Phi) is 3.93. The summed E-state index contributed by atoms with van der Waals surface area (Å²) in [5.41, 5.74) is 3.72. The van der Waals surface area contributed by atoms with Gasteiger partial charge < -0.3 is 0 Å². The van der Waals surface area contributed by atoms with Crippen LogP contribution in [0.4, 0.5) is 0 Å². The van der Waals surface area contributed by atoms with Crippen molar-refractivity contribution >= 4 is 12.2 Å². The van der Waals surface area contributed by atoms with Crippen molar-refractivity contribution in [3.05, 3.63) is 83.9 Å². The van der Waals surface area contributed by atoms with E-state index in [0.29, 0.717) is 0 Å². The van der Waals surface area contributed by atoms with Gasteiger partial charge in [0, 0.05) is 0 Å². The largest absolute Gasteiger partial charge is 0.0985 e. The molecule has 0 fully saturated rings. The van der Waals surface area contributed by atoms with Crippen molar-refractivity contribution in [1.29, 1.82) is 0 Å². The summed E-state index contributed by atoms with van der Waals surface area (Å²) in [5.74, 6) is 0. The zero-order chi connectivity index (χ0) is 11.9. The first-order chi connectivity index (χ1) is 8.38. The van der Waals surface area contributed by atoms with E-state index in [1.165, 1.54) is 11.1 Å². The van der Waals surface area contributed by atoms with E-state index >= 15 is 0 Å². The maximum atomic E-state index is 3.78. The van der Waals surface area contributed by atoms with Gasteiger partial charge >= 0.3 is 0 Å². The van der Waals surface area contributed by atoms with E-state index in [1.807, 2.05) is 12.1 Å². The maximum Gasteiger partial charge on any atom is -0.00941 e. The molecule has 0 bridgehead atoms. The minimum absolute atomic E-state index is 0.971. The van der Waals surface area contributed by atoms with Crippen molar-refractivity contribution in [3.8, 4) is 0 Å². The van der Waals surface area contributed by atoms with Crippen molar-refractivity contribution in [2.75, 3.05) is 0 Å². The number of allylic oxidation sites excluding steroid dienone is 1. The molecule has 0 radical (unpaired) electrons. The summed E-state index contributed by atoms with van der Waals surface area (Å²) in [6, 6.07) is 18.8. The fourth-order valence-corrected chi connectivity index (χ4v) is 1.73. The zero-order valence-electron chi connectivity index (χ0n) is 9.84. The van der Waals surface area contributed by atoms with Crippen LogP contribution < -0.4 is 0 Å². The Balaban J connectivity index is 2.03. The minimum Gasteiger partial charge on any atom is -0.0985 e. The second kappa shape index (κ2) is 5.86. The van der Waals surface area contributed by atoms with Crippen LogP contribution in [0, 0.1) is 0 Å². The zero-order valence-corrected chi connectivity index (χ0v) is 9.84. The van der Waals surface area contributed by atoms with Crippen LogP contribution in [0.25, 0.3) is 12.2 Å². The monoisotopic (exact) mass is 220 g/mol. The van der Waals surface area contributed by atoms with Crippen LogP contribution in [-0.2, 0) is 6.42 Å². The Morgan fingerprint density at radius 3 is 2.41 bits per heavy atom. The molecule has 0 aliphatic carbocycles. The third kappa shape index (κ3) is 3.46. The Labute approximate surface area is 103 Å². The molecule has 17 heavy (non-hydrogen) atoms. The molecule has 0 heteroatoms. The van der Waals surface area contributed by atoms with E-state index in [9.17, 15) is 0 Å². The van der Waals surface area contributed by atoms with Crippen molar-refractivity contribution in [3.63, 3.8) is 0 Å². The summed E-state index contributed by atoms with van der Waals surface area (Å²) in [6.07, 6.45) is 7.19. The van der Waals surface area contributed by atoms with Crippen molar-refractivity contribution in [2.45, 2.75) is 6.42 Å². The molecule has 2 rings (SSSR count). The van der Waals surface area contributed by atoms with Crippen LogP contribution in [0.15, 0.2) is 67.3 Å². The molecule has 84 valence electrons. The summed E-state index contributed by atoms with van der Waals surface area (Å²) in [7, 11) is 0. The summed E-state index contributed by atoms with van der Waals surface area (Å²) in [5, 5.41) is 0. The van der Waals surface area contributed by atoms with Crippen LogP contribution >= 0.6 is 0 Å². The molecule has 0 saturated carbocycles. The molecule has 2 aromatic carbocycles. The van der Waals surface area contributed by atoms with E-state index in [2.05, 4.69) is 67.3 Å². The first-order valence-corrected chi connectivity index (χ1v) is 5.81. The minimum atomic E-state index is 0.971. The number of benzene rings is 2. The molecule has 0 atom stereocenters. The maximum absolute atomic E-state index is 3.78. The molecule has 0 saturated heterocycles. The van der Waals surface area contributed by atoms with Gasteiger partial charge in [-0.1, -0.05) is 73.3 Å². The molecule has 0 nitrogen and oxygen atoms in total. The Morgan fingerprint density at radius 2 is 1.65 bits per heavy atom. The highest BCUT2D eigenvalue weighted by atomic mass is 13.9. The number of rotatable bonds is 4. The average Bonchev–Trinajstić information content (AvgIpc) is 2.40. The molecule has 0 N–H and O–H groups in total. The van der Waals surface area contributed by atoms with E-state index in [0.717, 1.165) is 12.0 Å². The van der Waals surface area contributed by atoms with E-state index < -0.39 is 0 Å². The molecule has 0 unspecified atom stereocenters. The van der Waals surface area contributed by atoms with Gasteiger partial charge in [0.25, 0.3) is 0 Å². The van der Waals surface area contributed by atoms with Crippen molar-refractivity contribution in [1.82, 2.24) is 0 Å². The van der Waals surface area contributed by atoms with E-state index in [-0.39, 0.29) is 0 Å². The molecule has 0 heterocycles. The third-order valence-corrected chi connectivity index (χ3v) is 2.65. The Morgan fingerprint density at radius 1 is 0.882 bits per heavy atom. The average molecular weight is 220 g/mol. The molecule has 0 aliphatic rings. The highest BCUT2D eigenvalue weighted by Crippen LogP contribution is 2.09. The van der Waals surface area contributed by atoms with Gasteiger partial charge in [0.15, 0.2) is 0 Å². The number of hydrogen-bond donors (Lipinski definition) is 0. The van der Waals surface area contributed by atoms with Gasteiger partial charge in [-0.25, -0.2) is 0 Å². The Hall–Kier alpha value is -2.08. The third-order valence-electron chi connectivity index (χ3n) is 2.65. The quantitative estimate of drug-likeness (QED) is 0.707. The lowest BCUT2D eigenvalue weighted by Crippen LogP contribution is -1.79. The van der Waals surface area contributed by atoms with Gasteiger partial charge in [0.1, 0.15) is 0 Å².